The molecule has 8 heteroatoms. The number of nitrogens with one attached hydrogen (secondary N) is 3. The highest BCUT2D eigenvalue weighted by Crippen LogP contribution is 2.44. The summed E-state index contributed by atoms with van der Waals surface area (Å²) in [6.45, 7) is 5.71. The minimum atomic E-state index is 0.0122. The second-order valence-corrected chi connectivity index (χ2v) is 12.5. The zero-order chi connectivity index (χ0) is 24.1. The molecule has 1 heterocycles. The maximum atomic E-state index is 13.4. The summed E-state index contributed by atoms with van der Waals surface area (Å²) in [6.07, 6.45) is 9.87. The van der Waals surface area contributed by atoms with E-state index in [2.05, 4.69) is 27.9 Å². The van der Waals surface area contributed by atoms with Gasteiger partial charge in [0.05, 0.1) is 18.0 Å². The quantitative estimate of drug-likeness (QED) is 0.446. The van der Waals surface area contributed by atoms with Crippen LogP contribution >= 0.6 is 23.2 Å². The highest BCUT2D eigenvalue weighted by Gasteiger charge is 2.41. The van der Waals surface area contributed by atoms with E-state index in [9.17, 15) is 4.79 Å². The second-order valence-electron chi connectivity index (χ2n) is 11.4. The number of carbonyl (C=O) groups excluding carboxylic acids is 1. The second kappa shape index (κ2) is 12.5. The molecule has 9 atom stereocenters. The molecule has 4 aliphatic rings. The lowest BCUT2D eigenvalue weighted by Crippen LogP contribution is -2.46. The average molecular weight is 516 g/mol. The predicted molar refractivity (Wildman–Crippen MR) is 140 cm³/mol. The fourth-order valence-corrected chi connectivity index (χ4v) is 7.50. The van der Waals surface area contributed by atoms with Crippen molar-refractivity contribution in [2.75, 3.05) is 33.3 Å². The molecule has 0 bridgehead atoms. The lowest BCUT2D eigenvalue weighted by atomic mass is 9.64. The van der Waals surface area contributed by atoms with E-state index < -0.39 is 0 Å². The molecule has 1 aliphatic heterocycles. The van der Waals surface area contributed by atoms with E-state index in [1.54, 1.807) is 0 Å². The first-order valence-electron chi connectivity index (χ1n) is 13.5. The third kappa shape index (κ3) is 6.94. The summed E-state index contributed by atoms with van der Waals surface area (Å²) in [5, 5.41) is 10.2. The molecule has 0 spiro atoms. The van der Waals surface area contributed by atoms with E-state index >= 15 is 0 Å². The largest absolute Gasteiger partial charge is 0.381 e. The highest BCUT2D eigenvalue weighted by molar-refractivity contribution is 6.30. The van der Waals surface area contributed by atoms with Crippen molar-refractivity contribution >= 4 is 35.1 Å². The van der Waals surface area contributed by atoms with Gasteiger partial charge in [-0.3, -0.25) is 9.79 Å². The first-order valence-corrected chi connectivity index (χ1v) is 14.4. The van der Waals surface area contributed by atoms with E-state index in [1.807, 2.05) is 7.11 Å². The SMILES string of the molecule is COC1CCC(C)CC1C1CC(CNC2=NCCN2)CC(C(=O)NCC2CCC(Cl)C(Cl)C2)C1. The average Bonchev–Trinajstić information content (AvgIpc) is 3.37. The van der Waals surface area contributed by atoms with Crippen molar-refractivity contribution in [3.8, 4) is 0 Å². The van der Waals surface area contributed by atoms with E-state index in [4.69, 9.17) is 27.9 Å². The zero-order valence-electron chi connectivity index (χ0n) is 20.9. The maximum absolute atomic E-state index is 13.4. The molecule has 3 aliphatic carbocycles. The van der Waals surface area contributed by atoms with Crippen LogP contribution < -0.4 is 16.0 Å². The molecule has 0 aromatic rings. The van der Waals surface area contributed by atoms with Crippen LogP contribution in [0.5, 0.6) is 0 Å². The van der Waals surface area contributed by atoms with Gasteiger partial charge in [-0.25, -0.2) is 0 Å². The van der Waals surface area contributed by atoms with Crippen molar-refractivity contribution in [3.63, 3.8) is 0 Å². The number of nitrogens with zero attached hydrogens (tertiary/aromatic N) is 1. The minimum absolute atomic E-state index is 0.0122. The summed E-state index contributed by atoms with van der Waals surface area (Å²) in [4.78, 5) is 17.9. The van der Waals surface area contributed by atoms with E-state index in [1.165, 1.54) is 12.8 Å². The van der Waals surface area contributed by atoms with Crippen molar-refractivity contribution in [1.29, 1.82) is 0 Å². The Labute approximate surface area is 215 Å². The monoisotopic (exact) mass is 514 g/mol. The number of guanidine groups is 1. The number of aliphatic imine (C=N–C) groups is 1. The number of carbonyl (C=O) groups is 1. The molecule has 4 rings (SSSR count). The Hall–Kier alpha value is -0.720. The van der Waals surface area contributed by atoms with Crippen LogP contribution in [0.3, 0.4) is 0 Å². The van der Waals surface area contributed by atoms with E-state index in [-0.39, 0.29) is 22.6 Å². The molecule has 9 unspecified atom stereocenters. The number of rotatable bonds is 7. The maximum Gasteiger partial charge on any atom is 0.223 e. The molecule has 0 saturated heterocycles. The molecule has 0 aromatic heterocycles. The van der Waals surface area contributed by atoms with Gasteiger partial charge in [0.1, 0.15) is 0 Å². The van der Waals surface area contributed by atoms with Crippen LogP contribution in [0.2, 0.25) is 0 Å². The van der Waals surface area contributed by atoms with Gasteiger partial charge >= 0.3 is 0 Å². The fraction of sp³-hybridized carbons (Fsp3) is 0.923. The van der Waals surface area contributed by atoms with Gasteiger partial charge in [-0.1, -0.05) is 6.92 Å². The number of halogens is 2. The molecule has 3 fully saturated rings. The summed E-state index contributed by atoms with van der Waals surface area (Å²) in [5.41, 5.74) is 0. The lowest BCUT2D eigenvalue weighted by molar-refractivity contribution is -0.128. The predicted octanol–water partition coefficient (Wildman–Crippen LogP) is 4.15. The fourth-order valence-electron chi connectivity index (χ4n) is 6.89. The Balaban J connectivity index is 1.38. The Morgan fingerprint density at radius 3 is 2.62 bits per heavy atom. The van der Waals surface area contributed by atoms with Crippen LogP contribution in [0.4, 0.5) is 0 Å². The van der Waals surface area contributed by atoms with Crippen LogP contribution in [0.15, 0.2) is 4.99 Å². The molecule has 3 saturated carbocycles. The Morgan fingerprint density at radius 1 is 1.03 bits per heavy atom. The normalized spacial score (nSPS) is 40.8. The van der Waals surface area contributed by atoms with Gasteiger partial charge in [0, 0.05) is 38.0 Å². The standard InChI is InChI=1S/C26H44Cl2N4O2/c1-16-3-6-24(34-2)21(9-16)19-10-18(15-32-26-29-7-8-30-26)11-20(13-19)25(33)31-14-17-4-5-22(27)23(28)12-17/h16-24H,3-15H2,1-2H3,(H,31,33)(H2,29,30,32). The van der Waals surface area contributed by atoms with Gasteiger partial charge in [0.2, 0.25) is 5.91 Å². The Bertz CT molecular complexity index is 708. The first kappa shape index (κ1) is 26.3. The summed E-state index contributed by atoms with van der Waals surface area (Å²) < 4.78 is 5.95. The lowest BCUT2D eigenvalue weighted by Gasteiger charge is -2.44. The van der Waals surface area contributed by atoms with Crippen LogP contribution in [-0.2, 0) is 9.53 Å². The van der Waals surface area contributed by atoms with Crippen LogP contribution in [0.1, 0.15) is 64.7 Å². The van der Waals surface area contributed by atoms with Crippen LogP contribution in [0, 0.1) is 35.5 Å². The van der Waals surface area contributed by atoms with Gasteiger partial charge in [0.15, 0.2) is 5.96 Å². The van der Waals surface area contributed by atoms with Crippen molar-refractivity contribution in [3.05, 3.63) is 0 Å². The van der Waals surface area contributed by atoms with Crippen molar-refractivity contribution in [1.82, 2.24) is 16.0 Å². The highest BCUT2D eigenvalue weighted by atomic mass is 35.5. The smallest absolute Gasteiger partial charge is 0.223 e. The van der Waals surface area contributed by atoms with Crippen LogP contribution in [-0.4, -0.2) is 62.0 Å². The summed E-state index contributed by atoms with van der Waals surface area (Å²) in [6, 6.07) is 0. The molecule has 194 valence electrons. The molecular formula is C26H44Cl2N4O2. The Morgan fingerprint density at radius 2 is 1.88 bits per heavy atom. The third-order valence-electron chi connectivity index (χ3n) is 8.82. The zero-order valence-corrected chi connectivity index (χ0v) is 22.4. The van der Waals surface area contributed by atoms with Crippen LogP contribution in [0.25, 0.3) is 0 Å². The minimum Gasteiger partial charge on any atom is -0.381 e. The number of hydrogen-bond donors (Lipinski definition) is 3. The van der Waals surface area contributed by atoms with E-state index in [0.717, 1.165) is 83.0 Å². The van der Waals surface area contributed by atoms with Crippen molar-refractivity contribution in [2.24, 2.45) is 40.5 Å². The summed E-state index contributed by atoms with van der Waals surface area (Å²) in [5.74, 6) is 3.91. The van der Waals surface area contributed by atoms with E-state index in [0.29, 0.717) is 29.8 Å². The van der Waals surface area contributed by atoms with Crippen molar-refractivity contribution < 1.29 is 9.53 Å². The van der Waals surface area contributed by atoms with Crippen molar-refractivity contribution in [2.45, 2.75) is 81.6 Å². The topological polar surface area (TPSA) is 74.8 Å². The Kier molecular flexibility index (Phi) is 9.68. The molecule has 0 aromatic carbocycles. The third-order valence-corrected chi connectivity index (χ3v) is 9.95. The molecule has 1 amide bonds. The molecule has 3 N–H and O–H groups in total. The molecule has 0 radical (unpaired) electrons. The molecular weight excluding hydrogens is 471 g/mol. The van der Waals surface area contributed by atoms with Gasteiger partial charge < -0.3 is 20.7 Å². The number of hydrogen-bond acceptors (Lipinski definition) is 5. The number of amides is 1. The van der Waals surface area contributed by atoms with Gasteiger partial charge in [-0.05, 0) is 87.4 Å². The number of methoxy groups -OCH3 is 1. The number of alkyl halides is 2. The van der Waals surface area contributed by atoms with Gasteiger partial charge in [-0.2, -0.15) is 0 Å². The van der Waals surface area contributed by atoms with Gasteiger partial charge in [-0.15, -0.1) is 23.2 Å². The molecule has 34 heavy (non-hydrogen) atoms. The van der Waals surface area contributed by atoms with Gasteiger partial charge in [0.25, 0.3) is 0 Å². The molecule has 6 nitrogen and oxygen atoms in total. The summed E-state index contributed by atoms with van der Waals surface area (Å²) in [7, 11) is 1.86. The summed E-state index contributed by atoms with van der Waals surface area (Å²) >= 11 is 12.7. The number of ether oxygens (including phenoxy) is 1. The first-order chi connectivity index (χ1) is 16.4.